The maximum absolute atomic E-state index is 12.6. The number of sulfonamides is 1. The molecule has 1 aliphatic rings. The van der Waals surface area contributed by atoms with Gasteiger partial charge in [-0.3, -0.25) is 0 Å². The zero-order valence-electron chi connectivity index (χ0n) is 13.5. The molecular weight excluding hydrogens is 344 g/mol. The van der Waals surface area contributed by atoms with E-state index >= 15 is 0 Å². The van der Waals surface area contributed by atoms with Gasteiger partial charge in [0.15, 0.2) is 0 Å². The van der Waals surface area contributed by atoms with E-state index in [1.54, 1.807) is 11.3 Å². The van der Waals surface area contributed by atoms with Crippen molar-refractivity contribution in [2.24, 2.45) is 0 Å². The van der Waals surface area contributed by atoms with Crippen LogP contribution in [-0.4, -0.2) is 39.0 Å². The minimum absolute atomic E-state index is 0.0455. The number of nitrogens with one attached hydrogen (secondary N) is 1. The van der Waals surface area contributed by atoms with E-state index in [1.165, 1.54) is 9.18 Å². The maximum atomic E-state index is 12.6. The second-order valence-corrected chi connectivity index (χ2v) is 8.72. The molecule has 24 heavy (non-hydrogen) atoms. The Morgan fingerprint density at radius 1 is 1.04 bits per heavy atom. The molecule has 0 aliphatic carbocycles. The van der Waals surface area contributed by atoms with E-state index in [0.29, 0.717) is 32.8 Å². The average Bonchev–Trinajstić information content (AvgIpc) is 3.10. The fourth-order valence-corrected chi connectivity index (χ4v) is 4.95. The van der Waals surface area contributed by atoms with E-state index in [9.17, 15) is 8.42 Å². The van der Waals surface area contributed by atoms with Gasteiger partial charge in [-0.1, -0.05) is 30.3 Å². The molecule has 0 bridgehead atoms. The monoisotopic (exact) mass is 366 g/mol. The molecule has 0 spiro atoms. The molecular formula is C17H22N2O3S2. The molecule has 1 aromatic carbocycles. The van der Waals surface area contributed by atoms with Gasteiger partial charge in [0.05, 0.1) is 19.0 Å². The summed E-state index contributed by atoms with van der Waals surface area (Å²) in [6, 6.07) is 11.9. The van der Waals surface area contributed by atoms with Crippen LogP contribution in [0.25, 0.3) is 0 Å². The zero-order chi connectivity index (χ0) is 16.8. The number of rotatable bonds is 7. The molecule has 1 fully saturated rings. The lowest BCUT2D eigenvalue weighted by molar-refractivity contribution is 0.0729. The predicted molar refractivity (Wildman–Crippen MR) is 96.3 cm³/mol. The average molecular weight is 367 g/mol. The Morgan fingerprint density at radius 3 is 2.50 bits per heavy atom. The summed E-state index contributed by atoms with van der Waals surface area (Å²) in [6.45, 7) is 3.30. The molecule has 2 aromatic rings. The SMILES string of the molecule is O=S(=O)(Cc1ccccc1CNCc1cccs1)N1CCOCC1. The molecule has 0 amide bonds. The van der Waals surface area contributed by atoms with Crippen LogP contribution in [-0.2, 0) is 33.6 Å². The summed E-state index contributed by atoms with van der Waals surface area (Å²) in [5.41, 5.74) is 1.90. The Hall–Kier alpha value is -1.25. The Kier molecular flexibility index (Phi) is 6.02. The summed E-state index contributed by atoms with van der Waals surface area (Å²) in [5.74, 6) is 0.0455. The fourth-order valence-electron chi connectivity index (χ4n) is 2.72. The van der Waals surface area contributed by atoms with E-state index in [4.69, 9.17) is 4.74 Å². The maximum Gasteiger partial charge on any atom is 0.218 e. The molecule has 5 nitrogen and oxygen atoms in total. The van der Waals surface area contributed by atoms with Crippen molar-refractivity contribution in [2.75, 3.05) is 26.3 Å². The van der Waals surface area contributed by atoms with Crippen molar-refractivity contribution < 1.29 is 13.2 Å². The van der Waals surface area contributed by atoms with Crippen molar-refractivity contribution in [3.8, 4) is 0 Å². The first-order chi connectivity index (χ1) is 11.6. The van der Waals surface area contributed by atoms with Gasteiger partial charge >= 0.3 is 0 Å². The fraction of sp³-hybridized carbons (Fsp3) is 0.412. The van der Waals surface area contributed by atoms with E-state index in [1.807, 2.05) is 30.3 Å². The van der Waals surface area contributed by atoms with Crippen molar-refractivity contribution in [3.05, 3.63) is 57.8 Å². The Morgan fingerprint density at radius 2 is 1.79 bits per heavy atom. The van der Waals surface area contributed by atoms with Crippen LogP contribution >= 0.6 is 11.3 Å². The first kappa shape index (κ1) is 17.6. The molecule has 2 heterocycles. The highest BCUT2D eigenvalue weighted by molar-refractivity contribution is 7.88. The Balaban J connectivity index is 1.64. The molecule has 0 atom stereocenters. The van der Waals surface area contributed by atoms with E-state index in [-0.39, 0.29) is 5.75 Å². The van der Waals surface area contributed by atoms with Gasteiger partial charge in [0.2, 0.25) is 10.0 Å². The van der Waals surface area contributed by atoms with E-state index in [0.717, 1.165) is 17.7 Å². The van der Waals surface area contributed by atoms with Crippen molar-refractivity contribution in [1.82, 2.24) is 9.62 Å². The highest BCUT2D eigenvalue weighted by Gasteiger charge is 2.25. The van der Waals surface area contributed by atoms with Gasteiger partial charge in [-0.05, 0) is 22.6 Å². The zero-order valence-corrected chi connectivity index (χ0v) is 15.1. The number of thiophene rings is 1. The van der Waals surface area contributed by atoms with Crippen molar-refractivity contribution >= 4 is 21.4 Å². The van der Waals surface area contributed by atoms with Gasteiger partial charge in [-0.15, -0.1) is 11.3 Å². The molecule has 1 N–H and O–H groups in total. The third-order valence-corrected chi connectivity index (χ3v) is 6.72. The van der Waals surface area contributed by atoms with Crippen LogP contribution in [0.5, 0.6) is 0 Å². The third kappa shape index (κ3) is 4.64. The standard InChI is InChI=1S/C17H22N2O3S2/c20-24(21,19-7-9-22-10-8-19)14-16-5-2-1-4-15(16)12-18-13-17-6-3-11-23-17/h1-6,11,18H,7-10,12-14H2. The van der Waals surface area contributed by atoms with Gasteiger partial charge in [-0.2, -0.15) is 4.31 Å². The van der Waals surface area contributed by atoms with Crippen LogP contribution in [0, 0.1) is 0 Å². The smallest absolute Gasteiger partial charge is 0.218 e. The number of nitrogens with zero attached hydrogens (tertiary/aromatic N) is 1. The summed E-state index contributed by atoms with van der Waals surface area (Å²) >= 11 is 1.71. The minimum Gasteiger partial charge on any atom is -0.379 e. The molecule has 7 heteroatoms. The summed E-state index contributed by atoms with van der Waals surface area (Å²) in [6.07, 6.45) is 0. The molecule has 0 radical (unpaired) electrons. The first-order valence-corrected chi connectivity index (χ1v) is 10.5. The van der Waals surface area contributed by atoms with E-state index < -0.39 is 10.0 Å². The van der Waals surface area contributed by atoms with Gasteiger partial charge in [-0.25, -0.2) is 8.42 Å². The predicted octanol–water partition coefficient (Wildman–Crippen LogP) is 2.20. The van der Waals surface area contributed by atoms with Crippen LogP contribution in [0.15, 0.2) is 41.8 Å². The highest BCUT2D eigenvalue weighted by atomic mass is 32.2. The number of benzene rings is 1. The van der Waals surface area contributed by atoms with Crippen LogP contribution in [0.1, 0.15) is 16.0 Å². The van der Waals surface area contributed by atoms with Crippen molar-refractivity contribution in [1.29, 1.82) is 0 Å². The number of morpholine rings is 1. The Labute approximate surface area is 147 Å². The summed E-state index contributed by atoms with van der Waals surface area (Å²) in [5, 5.41) is 5.45. The van der Waals surface area contributed by atoms with E-state index in [2.05, 4.69) is 16.8 Å². The number of hydrogen-bond donors (Lipinski definition) is 1. The normalized spacial score (nSPS) is 16.3. The second kappa shape index (κ2) is 8.22. The lowest BCUT2D eigenvalue weighted by Crippen LogP contribution is -2.41. The van der Waals surface area contributed by atoms with Crippen LogP contribution in [0.2, 0.25) is 0 Å². The van der Waals surface area contributed by atoms with Crippen molar-refractivity contribution in [2.45, 2.75) is 18.8 Å². The molecule has 1 aliphatic heterocycles. The first-order valence-electron chi connectivity index (χ1n) is 8.00. The summed E-state index contributed by atoms with van der Waals surface area (Å²) < 4.78 is 32.0. The molecule has 0 unspecified atom stereocenters. The van der Waals surface area contributed by atoms with Crippen LogP contribution < -0.4 is 5.32 Å². The molecule has 0 saturated carbocycles. The Bertz CT molecular complexity index is 739. The molecule has 1 aromatic heterocycles. The summed E-state index contributed by atoms with van der Waals surface area (Å²) in [7, 11) is -3.30. The molecule has 130 valence electrons. The van der Waals surface area contributed by atoms with Gasteiger partial charge in [0, 0.05) is 31.1 Å². The van der Waals surface area contributed by atoms with Crippen LogP contribution in [0.3, 0.4) is 0 Å². The minimum atomic E-state index is -3.30. The third-order valence-electron chi connectivity index (χ3n) is 4.01. The molecule has 3 rings (SSSR count). The topological polar surface area (TPSA) is 58.6 Å². The van der Waals surface area contributed by atoms with Gasteiger partial charge in [0.1, 0.15) is 0 Å². The van der Waals surface area contributed by atoms with Gasteiger partial charge in [0.25, 0.3) is 0 Å². The lowest BCUT2D eigenvalue weighted by atomic mass is 10.1. The molecule has 1 saturated heterocycles. The van der Waals surface area contributed by atoms with Crippen LogP contribution in [0.4, 0.5) is 0 Å². The second-order valence-electron chi connectivity index (χ2n) is 5.72. The largest absolute Gasteiger partial charge is 0.379 e. The summed E-state index contributed by atoms with van der Waals surface area (Å²) in [4.78, 5) is 1.27. The number of ether oxygens (including phenoxy) is 1. The highest BCUT2D eigenvalue weighted by Crippen LogP contribution is 2.17. The lowest BCUT2D eigenvalue weighted by Gasteiger charge is -2.26. The quantitative estimate of drug-likeness (QED) is 0.816. The van der Waals surface area contributed by atoms with Gasteiger partial charge < -0.3 is 10.1 Å². The van der Waals surface area contributed by atoms with Crippen molar-refractivity contribution in [3.63, 3.8) is 0 Å². The number of hydrogen-bond acceptors (Lipinski definition) is 5.